The number of benzene rings is 1. The van der Waals surface area contributed by atoms with Crippen LogP contribution in [0.4, 0.5) is 0 Å². The van der Waals surface area contributed by atoms with Gasteiger partial charge >= 0.3 is 0 Å². The molecule has 0 atom stereocenters. The van der Waals surface area contributed by atoms with Crippen molar-refractivity contribution in [3.63, 3.8) is 0 Å². The van der Waals surface area contributed by atoms with E-state index in [1.807, 2.05) is 30.3 Å². The van der Waals surface area contributed by atoms with E-state index in [0.717, 1.165) is 18.7 Å². The molecule has 1 aliphatic rings. The summed E-state index contributed by atoms with van der Waals surface area (Å²) in [6, 6.07) is 9.70. The van der Waals surface area contributed by atoms with Crippen LogP contribution in [-0.4, -0.2) is 46.5 Å². The molecule has 0 unspecified atom stereocenters. The number of likely N-dealkylation sites (tertiary alicyclic amines) is 1. The molecule has 6 heteroatoms. The van der Waals surface area contributed by atoms with Crippen LogP contribution in [0.1, 0.15) is 36.2 Å². The van der Waals surface area contributed by atoms with E-state index in [-0.39, 0.29) is 5.91 Å². The molecule has 3 rings (SSSR count). The highest BCUT2D eigenvalue weighted by molar-refractivity contribution is 7.71. The maximum absolute atomic E-state index is 12.5. The summed E-state index contributed by atoms with van der Waals surface area (Å²) < 4.78 is 2.30. The van der Waals surface area contributed by atoms with Crippen LogP contribution in [0.15, 0.2) is 36.5 Å². The number of para-hydroxylation sites is 1. The number of piperidine rings is 1. The SMILES string of the molecule is O=C(NCCCN1CCCCC1)c1c[nH]c(=S)n1-c1ccccc1. The molecule has 2 heterocycles. The molecule has 1 fully saturated rings. The van der Waals surface area contributed by atoms with E-state index in [1.165, 1.54) is 32.4 Å². The van der Waals surface area contributed by atoms with Gasteiger partial charge in [0.1, 0.15) is 5.69 Å². The number of rotatable bonds is 6. The molecule has 1 aliphatic heterocycles. The van der Waals surface area contributed by atoms with E-state index < -0.39 is 0 Å². The van der Waals surface area contributed by atoms with Crippen molar-refractivity contribution in [2.24, 2.45) is 0 Å². The highest BCUT2D eigenvalue weighted by Crippen LogP contribution is 2.12. The average molecular weight is 344 g/mol. The summed E-state index contributed by atoms with van der Waals surface area (Å²) in [6.45, 7) is 4.12. The molecule has 5 nitrogen and oxygen atoms in total. The third kappa shape index (κ3) is 4.13. The van der Waals surface area contributed by atoms with Crippen molar-refractivity contribution in [1.82, 2.24) is 19.8 Å². The van der Waals surface area contributed by atoms with Crippen molar-refractivity contribution < 1.29 is 4.79 Å². The van der Waals surface area contributed by atoms with Gasteiger partial charge in [-0.3, -0.25) is 9.36 Å². The van der Waals surface area contributed by atoms with E-state index in [4.69, 9.17) is 12.2 Å². The number of aromatic nitrogens is 2. The third-order valence-electron chi connectivity index (χ3n) is 4.41. The highest BCUT2D eigenvalue weighted by Gasteiger charge is 2.14. The molecule has 1 saturated heterocycles. The Morgan fingerprint density at radius 2 is 1.92 bits per heavy atom. The molecule has 2 aromatic rings. The van der Waals surface area contributed by atoms with Gasteiger partial charge in [-0.25, -0.2) is 0 Å². The minimum Gasteiger partial charge on any atom is -0.351 e. The van der Waals surface area contributed by atoms with Gasteiger partial charge in [-0.15, -0.1) is 0 Å². The van der Waals surface area contributed by atoms with E-state index >= 15 is 0 Å². The maximum atomic E-state index is 12.5. The molecule has 0 radical (unpaired) electrons. The van der Waals surface area contributed by atoms with E-state index in [2.05, 4.69) is 15.2 Å². The van der Waals surface area contributed by atoms with E-state index in [0.29, 0.717) is 17.0 Å². The Balaban J connectivity index is 1.57. The van der Waals surface area contributed by atoms with Crippen LogP contribution in [0, 0.1) is 4.77 Å². The fraction of sp³-hybridized carbons (Fsp3) is 0.444. The summed E-state index contributed by atoms with van der Waals surface area (Å²) in [7, 11) is 0. The van der Waals surface area contributed by atoms with Crippen molar-refractivity contribution in [3.8, 4) is 5.69 Å². The van der Waals surface area contributed by atoms with Crippen molar-refractivity contribution in [2.75, 3.05) is 26.2 Å². The molecule has 0 aliphatic carbocycles. The third-order valence-corrected chi connectivity index (χ3v) is 4.71. The Morgan fingerprint density at radius 3 is 2.67 bits per heavy atom. The molecule has 2 N–H and O–H groups in total. The first-order valence-electron chi connectivity index (χ1n) is 8.62. The van der Waals surface area contributed by atoms with Crippen molar-refractivity contribution in [1.29, 1.82) is 0 Å². The number of hydrogen-bond donors (Lipinski definition) is 2. The van der Waals surface area contributed by atoms with Crippen molar-refractivity contribution >= 4 is 18.1 Å². The lowest BCUT2D eigenvalue weighted by Crippen LogP contribution is -2.33. The zero-order valence-electron chi connectivity index (χ0n) is 13.8. The normalized spacial score (nSPS) is 15.3. The molecule has 1 aromatic heterocycles. The smallest absolute Gasteiger partial charge is 0.269 e. The van der Waals surface area contributed by atoms with Crippen LogP contribution in [0.3, 0.4) is 0 Å². The van der Waals surface area contributed by atoms with Crippen molar-refractivity contribution in [2.45, 2.75) is 25.7 Å². The molecule has 1 amide bonds. The monoisotopic (exact) mass is 344 g/mol. The van der Waals surface area contributed by atoms with Gasteiger partial charge in [-0.1, -0.05) is 24.6 Å². The zero-order chi connectivity index (χ0) is 16.8. The van der Waals surface area contributed by atoms with Crippen LogP contribution >= 0.6 is 12.2 Å². The van der Waals surface area contributed by atoms with Crippen LogP contribution in [0.25, 0.3) is 5.69 Å². The summed E-state index contributed by atoms with van der Waals surface area (Å²) in [6.07, 6.45) is 6.60. The van der Waals surface area contributed by atoms with Crippen molar-refractivity contribution in [3.05, 3.63) is 47.0 Å². The molecular formula is C18H24N4OS. The largest absolute Gasteiger partial charge is 0.351 e. The summed E-state index contributed by atoms with van der Waals surface area (Å²) in [5, 5.41) is 3.01. The lowest BCUT2D eigenvalue weighted by Gasteiger charge is -2.26. The second-order valence-corrected chi connectivity index (χ2v) is 6.55. The summed E-state index contributed by atoms with van der Waals surface area (Å²) >= 11 is 5.32. The standard InChI is InChI=1S/C18H24N4OS/c23-17(19-10-7-13-21-11-5-2-6-12-21)16-14-20-18(24)22(16)15-8-3-1-4-9-15/h1,3-4,8-9,14H,2,5-7,10-13H2,(H,19,23)(H,20,24). The van der Waals surface area contributed by atoms with E-state index in [9.17, 15) is 4.79 Å². The number of carbonyl (C=O) groups excluding carboxylic acids is 1. The lowest BCUT2D eigenvalue weighted by atomic mass is 10.1. The second-order valence-electron chi connectivity index (χ2n) is 6.16. The Labute approximate surface area is 147 Å². The minimum absolute atomic E-state index is 0.0927. The predicted molar refractivity (Wildman–Crippen MR) is 98.2 cm³/mol. The fourth-order valence-electron chi connectivity index (χ4n) is 3.15. The summed E-state index contributed by atoms with van der Waals surface area (Å²) in [4.78, 5) is 17.9. The van der Waals surface area contributed by atoms with Gasteiger partial charge in [0.25, 0.3) is 5.91 Å². The number of nitrogens with zero attached hydrogens (tertiary/aromatic N) is 2. The topological polar surface area (TPSA) is 53.1 Å². The van der Waals surface area contributed by atoms with Gasteiger partial charge < -0.3 is 15.2 Å². The van der Waals surface area contributed by atoms with Crippen LogP contribution in [-0.2, 0) is 0 Å². The Kier molecular flexibility index (Phi) is 5.82. The van der Waals surface area contributed by atoms with Gasteiger partial charge in [-0.2, -0.15) is 0 Å². The number of hydrogen-bond acceptors (Lipinski definition) is 3. The maximum Gasteiger partial charge on any atom is 0.269 e. The van der Waals surface area contributed by atoms with Crippen LogP contribution < -0.4 is 5.32 Å². The van der Waals surface area contributed by atoms with Gasteiger partial charge in [-0.05, 0) is 63.2 Å². The quantitative estimate of drug-likeness (QED) is 0.625. The highest BCUT2D eigenvalue weighted by atomic mass is 32.1. The first-order chi connectivity index (χ1) is 11.8. The molecule has 0 bridgehead atoms. The Morgan fingerprint density at radius 1 is 1.17 bits per heavy atom. The summed E-state index contributed by atoms with van der Waals surface area (Å²) in [5.74, 6) is -0.0927. The van der Waals surface area contributed by atoms with Gasteiger partial charge in [0.05, 0.1) is 0 Å². The summed E-state index contributed by atoms with van der Waals surface area (Å²) in [5.41, 5.74) is 1.44. The number of amides is 1. The van der Waals surface area contributed by atoms with E-state index in [1.54, 1.807) is 10.8 Å². The molecule has 0 saturated carbocycles. The van der Waals surface area contributed by atoms with Gasteiger partial charge in [0.15, 0.2) is 4.77 Å². The number of H-pyrrole nitrogens is 1. The average Bonchev–Trinajstić information content (AvgIpc) is 3.02. The lowest BCUT2D eigenvalue weighted by molar-refractivity contribution is 0.0944. The first kappa shape index (κ1) is 16.9. The molecule has 128 valence electrons. The van der Waals surface area contributed by atoms with Crippen LogP contribution in [0.2, 0.25) is 0 Å². The Bertz CT molecular complexity index is 716. The molecular weight excluding hydrogens is 320 g/mol. The van der Waals surface area contributed by atoms with Crippen LogP contribution in [0.5, 0.6) is 0 Å². The van der Waals surface area contributed by atoms with Gasteiger partial charge in [0.2, 0.25) is 0 Å². The Hall–Kier alpha value is -1.92. The molecule has 0 spiro atoms. The molecule has 1 aromatic carbocycles. The zero-order valence-corrected chi connectivity index (χ0v) is 14.6. The minimum atomic E-state index is -0.0927. The number of nitrogens with one attached hydrogen (secondary N) is 2. The fourth-order valence-corrected chi connectivity index (χ4v) is 3.41. The predicted octanol–water partition coefficient (Wildman–Crippen LogP) is 3.14. The van der Waals surface area contributed by atoms with Gasteiger partial charge in [0, 0.05) is 18.4 Å². The molecule has 24 heavy (non-hydrogen) atoms. The number of aromatic amines is 1. The first-order valence-corrected chi connectivity index (χ1v) is 9.03. The number of carbonyl (C=O) groups is 1. The second kappa shape index (κ2) is 8.26. The number of imidazole rings is 1.